The average Bonchev–Trinajstić information content (AvgIpc) is 2.49. The second kappa shape index (κ2) is 3.33. The molecule has 0 amide bonds. The molecule has 2 nitrogen and oxygen atoms in total. The largest absolute Gasteiger partial charge is 0.493 e. The van der Waals surface area contributed by atoms with Crippen LogP contribution >= 0.6 is 11.6 Å². The third kappa shape index (κ3) is 1.37. The maximum atomic E-state index is 9.48. The molecule has 0 aromatic heterocycles. The fourth-order valence-electron chi connectivity index (χ4n) is 1.60. The van der Waals surface area contributed by atoms with Crippen molar-refractivity contribution in [1.82, 2.24) is 0 Å². The van der Waals surface area contributed by atoms with Crippen LogP contribution in [0.25, 0.3) is 0 Å². The maximum absolute atomic E-state index is 9.48. The molecule has 1 heterocycles. The SMILES string of the molecule is CCc1ccc2c(c1Cl)B(O)OC2. The highest BCUT2D eigenvalue weighted by atomic mass is 35.5. The molecule has 4 heteroatoms. The molecule has 1 aliphatic heterocycles. The van der Waals surface area contributed by atoms with Crippen molar-refractivity contribution in [2.75, 3.05) is 0 Å². The molecule has 13 heavy (non-hydrogen) atoms. The van der Waals surface area contributed by atoms with Gasteiger partial charge in [0.05, 0.1) is 6.61 Å². The van der Waals surface area contributed by atoms with Gasteiger partial charge in [0.1, 0.15) is 0 Å². The lowest BCUT2D eigenvalue weighted by Crippen LogP contribution is -2.29. The van der Waals surface area contributed by atoms with E-state index in [1.165, 1.54) is 0 Å². The van der Waals surface area contributed by atoms with Crippen LogP contribution in [0, 0.1) is 0 Å². The van der Waals surface area contributed by atoms with Crippen LogP contribution in [0.4, 0.5) is 0 Å². The van der Waals surface area contributed by atoms with E-state index in [0.717, 1.165) is 23.0 Å². The van der Waals surface area contributed by atoms with Gasteiger partial charge in [-0.05, 0) is 17.5 Å². The Morgan fingerprint density at radius 2 is 2.38 bits per heavy atom. The first-order valence-corrected chi connectivity index (χ1v) is 4.71. The lowest BCUT2D eigenvalue weighted by molar-refractivity contribution is 0.275. The highest BCUT2D eigenvalue weighted by molar-refractivity contribution is 6.65. The van der Waals surface area contributed by atoms with Crippen molar-refractivity contribution in [2.45, 2.75) is 20.0 Å². The molecule has 0 unspecified atom stereocenters. The summed E-state index contributed by atoms with van der Waals surface area (Å²) in [5.74, 6) is 0. The molecule has 0 saturated carbocycles. The van der Waals surface area contributed by atoms with E-state index in [9.17, 15) is 5.02 Å². The Morgan fingerprint density at radius 1 is 1.62 bits per heavy atom. The summed E-state index contributed by atoms with van der Waals surface area (Å²) in [4.78, 5) is 0. The van der Waals surface area contributed by atoms with Gasteiger partial charge in [0, 0.05) is 10.5 Å². The Morgan fingerprint density at radius 3 is 3.08 bits per heavy atom. The van der Waals surface area contributed by atoms with Gasteiger partial charge < -0.3 is 9.68 Å². The molecule has 0 fully saturated rings. The number of rotatable bonds is 1. The van der Waals surface area contributed by atoms with E-state index in [-0.39, 0.29) is 0 Å². The van der Waals surface area contributed by atoms with Crippen molar-refractivity contribution in [1.29, 1.82) is 0 Å². The molecular formula is C9H10BClO2. The van der Waals surface area contributed by atoms with E-state index in [1.54, 1.807) is 0 Å². The molecule has 0 radical (unpaired) electrons. The molecule has 1 aromatic rings. The van der Waals surface area contributed by atoms with E-state index >= 15 is 0 Å². The first-order chi connectivity index (χ1) is 6.24. The minimum atomic E-state index is -0.839. The summed E-state index contributed by atoms with van der Waals surface area (Å²) in [5.41, 5.74) is 2.81. The van der Waals surface area contributed by atoms with Gasteiger partial charge in [-0.15, -0.1) is 0 Å². The van der Waals surface area contributed by atoms with Crippen LogP contribution in [0.1, 0.15) is 18.1 Å². The van der Waals surface area contributed by atoms with Gasteiger partial charge in [0.15, 0.2) is 0 Å². The summed E-state index contributed by atoms with van der Waals surface area (Å²) in [5, 5.41) is 10.1. The molecule has 1 aromatic carbocycles. The summed E-state index contributed by atoms with van der Waals surface area (Å²) in [6.07, 6.45) is 0.874. The normalized spacial score (nSPS) is 14.8. The zero-order valence-corrected chi connectivity index (χ0v) is 8.14. The monoisotopic (exact) mass is 196 g/mol. The predicted octanol–water partition coefficient (Wildman–Crippen LogP) is 1.12. The summed E-state index contributed by atoms with van der Waals surface area (Å²) < 4.78 is 5.07. The molecule has 2 rings (SSSR count). The molecule has 0 spiro atoms. The minimum Gasteiger partial charge on any atom is -0.423 e. The number of hydrogen-bond acceptors (Lipinski definition) is 2. The van der Waals surface area contributed by atoms with E-state index in [1.807, 2.05) is 19.1 Å². The molecule has 68 valence electrons. The first-order valence-electron chi connectivity index (χ1n) is 4.34. The van der Waals surface area contributed by atoms with Crippen molar-refractivity contribution >= 4 is 24.2 Å². The van der Waals surface area contributed by atoms with Crippen molar-refractivity contribution in [3.63, 3.8) is 0 Å². The summed E-state index contributed by atoms with van der Waals surface area (Å²) in [6, 6.07) is 3.96. The van der Waals surface area contributed by atoms with Crippen LogP contribution in [-0.2, 0) is 17.7 Å². The third-order valence-corrected chi connectivity index (χ3v) is 2.82. The predicted molar refractivity (Wildman–Crippen MR) is 53.2 cm³/mol. The quantitative estimate of drug-likeness (QED) is 0.682. The Kier molecular flexibility index (Phi) is 2.32. The second-order valence-electron chi connectivity index (χ2n) is 3.13. The van der Waals surface area contributed by atoms with Crippen molar-refractivity contribution in [3.8, 4) is 0 Å². The molecular weight excluding hydrogens is 186 g/mol. The molecule has 1 N–H and O–H groups in total. The minimum absolute atomic E-state index is 0.459. The Hall–Kier alpha value is -0.505. The smallest absolute Gasteiger partial charge is 0.423 e. The standard InChI is InChI=1S/C9H10BClO2/c1-2-6-3-4-7-5-13-10(12)8(7)9(6)11/h3-4,12H,2,5H2,1H3. The Bertz CT molecular complexity index is 341. The van der Waals surface area contributed by atoms with Crippen LogP contribution in [0.2, 0.25) is 5.02 Å². The first kappa shape index (κ1) is 9.07. The number of aryl methyl sites for hydroxylation is 1. The van der Waals surface area contributed by atoms with Gasteiger partial charge >= 0.3 is 7.12 Å². The summed E-state index contributed by atoms with van der Waals surface area (Å²) in [6.45, 7) is 2.50. The van der Waals surface area contributed by atoms with Gasteiger partial charge in [-0.3, -0.25) is 0 Å². The second-order valence-corrected chi connectivity index (χ2v) is 3.51. The zero-order chi connectivity index (χ0) is 9.42. The average molecular weight is 196 g/mol. The highest BCUT2D eigenvalue weighted by Gasteiger charge is 2.30. The number of fused-ring (bicyclic) bond motifs is 1. The van der Waals surface area contributed by atoms with Gasteiger partial charge in [0.25, 0.3) is 0 Å². The Labute approximate surface area is 82.6 Å². The van der Waals surface area contributed by atoms with Crippen LogP contribution in [0.3, 0.4) is 0 Å². The number of benzene rings is 1. The van der Waals surface area contributed by atoms with Gasteiger partial charge in [-0.25, -0.2) is 0 Å². The van der Waals surface area contributed by atoms with E-state index in [2.05, 4.69) is 0 Å². The highest BCUT2D eigenvalue weighted by Crippen LogP contribution is 2.21. The maximum Gasteiger partial charge on any atom is 0.493 e. The third-order valence-electron chi connectivity index (χ3n) is 2.37. The zero-order valence-electron chi connectivity index (χ0n) is 7.38. The van der Waals surface area contributed by atoms with Crippen LogP contribution in [-0.4, -0.2) is 12.1 Å². The lowest BCUT2D eigenvalue weighted by atomic mass is 9.78. The fourth-order valence-corrected chi connectivity index (χ4v) is 2.01. The molecule has 0 atom stereocenters. The molecule has 0 bridgehead atoms. The lowest BCUT2D eigenvalue weighted by Gasteiger charge is -2.06. The van der Waals surface area contributed by atoms with E-state index in [0.29, 0.717) is 11.6 Å². The summed E-state index contributed by atoms with van der Waals surface area (Å²) >= 11 is 6.11. The topological polar surface area (TPSA) is 29.5 Å². The van der Waals surface area contributed by atoms with Crippen LogP contribution in [0.15, 0.2) is 12.1 Å². The van der Waals surface area contributed by atoms with Gasteiger partial charge in [0.2, 0.25) is 0 Å². The van der Waals surface area contributed by atoms with Gasteiger partial charge in [-0.2, -0.15) is 0 Å². The molecule has 1 aliphatic rings. The number of halogens is 1. The summed E-state index contributed by atoms with van der Waals surface area (Å²) in [7, 11) is -0.839. The molecule has 0 saturated heterocycles. The fraction of sp³-hybridized carbons (Fsp3) is 0.333. The Balaban J connectivity index is 2.56. The van der Waals surface area contributed by atoms with Crippen LogP contribution < -0.4 is 5.46 Å². The van der Waals surface area contributed by atoms with Crippen molar-refractivity contribution in [2.24, 2.45) is 0 Å². The van der Waals surface area contributed by atoms with E-state index < -0.39 is 7.12 Å². The van der Waals surface area contributed by atoms with Crippen molar-refractivity contribution < 1.29 is 9.68 Å². The van der Waals surface area contributed by atoms with Crippen LogP contribution in [0.5, 0.6) is 0 Å². The van der Waals surface area contributed by atoms with Crippen molar-refractivity contribution in [3.05, 3.63) is 28.3 Å². The van der Waals surface area contributed by atoms with Gasteiger partial charge in [-0.1, -0.05) is 30.7 Å². The number of hydrogen-bond donors (Lipinski definition) is 1. The molecule has 0 aliphatic carbocycles. The van der Waals surface area contributed by atoms with E-state index in [4.69, 9.17) is 16.3 Å².